The molecule has 3 aromatic heterocycles. The molecule has 0 radical (unpaired) electrons. The summed E-state index contributed by atoms with van der Waals surface area (Å²) in [6.07, 6.45) is -4.18. The Morgan fingerprint density at radius 1 is 1.24 bits per heavy atom. The number of amides is 2. The number of nitrogens with zero attached hydrogens (tertiary/aromatic N) is 5. The number of ether oxygens (including phenoxy) is 1. The Bertz CT molecular complexity index is 1390. The minimum atomic E-state index is -4.77. The first-order chi connectivity index (χ1) is 17.8. The molecule has 3 aromatic rings. The molecule has 1 fully saturated rings. The quantitative estimate of drug-likeness (QED) is 0.401. The molecule has 0 aliphatic carbocycles. The van der Waals surface area contributed by atoms with Gasteiger partial charge in [-0.1, -0.05) is 0 Å². The number of halogens is 4. The van der Waals surface area contributed by atoms with Gasteiger partial charge >= 0.3 is 6.18 Å². The van der Waals surface area contributed by atoms with Crippen LogP contribution in [0.15, 0.2) is 24.7 Å². The van der Waals surface area contributed by atoms with Gasteiger partial charge < -0.3 is 25.8 Å². The van der Waals surface area contributed by atoms with Crippen molar-refractivity contribution in [1.29, 1.82) is 0 Å². The molecule has 4 N–H and O–H groups in total. The van der Waals surface area contributed by atoms with Crippen molar-refractivity contribution in [2.75, 3.05) is 32.5 Å². The molecule has 38 heavy (non-hydrogen) atoms. The number of anilines is 1. The van der Waals surface area contributed by atoms with Gasteiger partial charge in [-0.25, -0.2) is 18.9 Å². The minimum absolute atomic E-state index is 0.0714. The average molecular weight is 539 g/mol. The average Bonchev–Trinajstić information content (AvgIpc) is 3.44. The van der Waals surface area contributed by atoms with E-state index in [1.165, 1.54) is 38.1 Å². The first kappa shape index (κ1) is 27.0. The van der Waals surface area contributed by atoms with Gasteiger partial charge in [0.15, 0.2) is 5.82 Å². The molecule has 0 spiro atoms. The van der Waals surface area contributed by atoms with Gasteiger partial charge in [-0.2, -0.15) is 18.3 Å². The van der Waals surface area contributed by atoms with E-state index >= 15 is 0 Å². The Labute approximate surface area is 213 Å². The van der Waals surface area contributed by atoms with Gasteiger partial charge in [0.05, 0.1) is 43.0 Å². The standard InChI is InChI=1S/C23H25F4N7O4/c1-22(2,9-35)21(37)33-7-14(24)15(8-33)32-19(36)12-4-11(6-29-20(12)38-3)16-5-13(23(25,26)27)17-18(28)30-10-31-34(16)17/h4-6,10,14-15,35H,7-9H2,1-3H3,(H,32,36)(H2,28,30,31)/t14-,15+/m0/s1. The van der Waals surface area contributed by atoms with Crippen LogP contribution in [0.25, 0.3) is 16.8 Å². The van der Waals surface area contributed by atoms with E-state index < -0.39 is 59.1 Å². The van der Waals surface area contributed by atoms with E-state index in [-0.39, 0.29) is 35.8 Å². The van der Waals surface area contributed by atoms with E-state index in [0.29, 0.717) is 0 Å². The number of aliphatic hydroxyl groups is 1. The molecule has 0 aromatic carbocycles. The Morgan fingerprint density at radius 2 is 1.95 bits per heavy atom. The summed E-state index contributed by atoms with van der Waals surface area (Å²) in [5.74, 6) is -1.83. The maximum atomic E-state index is 14.8. The van der Waals surface area contributed by atoms with Gasteiger partial charge in [-0.15, -0.1) is 0 Å². The van der Waals surface area contributed by atoms with Crippen LogP contribution in [0.3, 0.4) is 0 Å². The number of fused-ring (bicyclic) bond motifs is 1. The molecule has 2 amide bonds. The SMILES string of the molecule is COc1ncc(-c2cc(C(F)(F)F)c3c(N)ncnn23)cc1C(=O)N[C@@H]1CN(C(=O)C(C)(C)CO)C[C@@H]1F. The number of rotatable bonds is 6. The molecule has 2 atom stereocenters. The lowest BCUT2D eigenvalue weighted by molar-refractivity contribution is -0.141. The lowest BCUT2D eigenvalue weighted by Crippen LogP contribution is -2.44. The van der Waals surface area contributed by atoms with Gasteiger partial charge in [0.1, 0.15) is 23.6 Å². The molecule has 11 nitrogen and oxygen atoms in total. The van der Waals surface area contributed by atoms with Crippen molar-refractivity contribution in [2.24, 2.45) is 5.41 Å². The lowest BCUT2D eigenvalue weighted by atomic mass is 9.93. The van der Waals surface area contributed by atoms with Crippen molar-refractivity contribution in [1.82, 2.24) is 29.8 Å². The Hall–Kier alpha value is -4.01. The minimum Gasteiger partial charge on any atom is -0.480 e. The third-order valence-electron chi connectivity index (χ3n) is 6.30. The van der Waals surface area contributed by atoms with E-state index in [1.807, 2.05) is 0 Å². The summed E-state index contributed by atoms with van der Waals surface area (Å²) in [6, 6.07) is 0.973. The number of alkyl halides is 4. The molecule has 15 heteroatoms. The maximum absolute atomic E-state index is 14.8. The second-order valence-electron chi connectivity index (χ2n) is 9.48. The van der Waals surface area contributed by atoms with Crippen molar-refractivity contribution in [3.05, 3.63) is 35.8 Å². The number of likely N-dealkylation sites (tertiary alicyclic amines) is 1. The van der Waals surface area contributed by atoms with Crippen LogP contribution in [0.1, 0.15) is 29.8 Å². The van der Waals surface area contributed by atoms with Gasteiger partial charge in [0.25, 0.3) is 5.91 Å². The number of carbonyl (C=O) groups is 2. The predicted octanol–water partition coefficient (Wildman–Crippen LogP) is 1.70. The summed E-state index contributed by atoms with van der Waals surface area (Å²) >= 11 is 0. The smallest absolute Gasteiger partial charge is 0.418 e. The van der Waals surface area contributed by atoms with Crippen LogP contribution in [0.5, 0.6) is 5.88 Å². The summed E-state index contributed by atoms with van der Waals surface area (Å²) < 4.78 is 62.0. The van der Waals surface area contributed by atoms with Crippen molar-refractivity contribution in [3.8, 4) is 17.1 Å². The molecule has 1 saturated heterocycles. The van der Waals surface area contributed by atoms with Gasteiger partial charge in [-0.05, 0) is 26.0 Å². The molecule has 4 heterocycles. The van der Waals surface area contributed by atoms with Crippen LogP contribution in [0, 0.1) is 5.41 Å². The zero-order valence-electron chi connectivity index (χ0n) is 20.6. The highest BCUT2D eigenvalue weighted by Gasteiger charge is 2.41. The Kier molecular flexibility index (Phi) is 6.90. The molecule has 4 rings (SSSR count). The van der Waals surface area contributed by atoms with E-state index in [4.69, 9.17) is 10.5 Å². The molecule has 204 valence electrons. The summed E-state index contributed by atoms with van der Waals surface area (Å²) in [7, 11) is 1.24. The summed E-state index contributed by atoms with van der Waals surface area (Å²) in [4.78, 5) is 34.6. The third kappa shape index (κ3) is 4.80. The number of aromatic nitrogens is 4. The predicted molar refractivity (Wildman–Crippen MR) is 126 cm³/mol. The third-order valence-corrected chi connectivity index (χ3v) is 6.30. The van der Waals surface area contributed by atoms with Crippen molar-refractivity contribution in [3.63, 3.8) is 0 Å². The second kappa shape index (κ2) is 9.70. The number of carbonyl (C=O) groups excluding carboxylic acids is 2. The van der Waals surface area contributed by atoms with Gasteiger partial charge in [0.2, 0.25) is 11.8 Å². The van der Waals surface area contributed by atoms with E-state index in [9.17, 15) is 32.3 Å². The fourth-order valence-electron chi connectivity index (χ4n) is 4.22. The van der Waals surface area contributed by atoms with Crippen molar-refractivity contribution < 1.29 is 37.0 Å². The number of hydrogen-bond donors (Lipinski definition) is 3. The number of nitrogens with one attached hydrogen (secondary N) is 1. The van der Waals surface area contributed by atoms with Crippen LogP contribution in [0.4, 0.5) is 23.4 Å². The highest BCUT2D eigenvalue weighted by atomic mass is 19.4. The van der Waals surface area contributed by atoms with Crippen LogP contribution in [-0.2, 0) is 11.0 Å². The number of pyridine rings is 1. The first-order valence-electron chi connectivity index (χ1n) is 11.4. The molecule has 0 saturated carbocycles. The van der Waals surface area contributed by atoms with Crippen LogP contribution in [-0.4, -0.2) is 80.4 Å². The van der Waals surface area contributed by atoms with E-state index in [2.05, 4.69) is 20.4 Å². The van der Waals surface area contributed by atoms with Gasteiger partial charge in [-0.3, -0.25) is 9.59 Å². The molecular weight excluding hydrogens is 514 g/mol. The van der Waals surface area contributed by atoms with E-state index in [0.717, 1.165) is 16.9 Å². The zero-order valence-corrected chi connectivity index (χ0v) is 20.6. The summed E-state index contributed by atoms with van der Waals surface area (Å²) in [5.41, 5.74) is 2.86. The topological polar surface area (TPSA) is 148 Å². The number of methoxy groups -OCH3 is 1. The molecule has 1 aliphatic rings. The van der Waals surface area contributed by atoms with Crippen LogP contribution >= 0.6 is 0 Å². The fraction of sp³-hybridized carbons (Fsp3) is 0.435. The fourth-order valence-corrected chi connectivity index (χ4v) is 4.22. The van der Waals surface area contributed by atoms with Crippen LogP contribution in [0.2, 0.25) is 0 Å². The zero-order chi connectivity index (χ0) is 28.0. The van der Waals surface area contributed by atoms with Crippen molar-refractivity contribution >= 4 is 23.1 Å². The summed E-state index contributed by atoms with van der Waals surface area (Å²) in [5, 5.41) is 15.8. The lowest BCUT2D eigenvalue weighted by Gasteiger charge is -2.27. The Morgan fingerprint density at radius 3 is 2.58 bits per heavy atom. The van der Waals surface area contributed by atoms with Gasteiger partial charge in [0, 0.05) is 18.3 Å². The number of nitrogen functional groups attached to an aromatic ring is 1. The first-order valence-corrected chi connectivity index (χ1v) is 11.4. The number of hydrogen-bond acceptors (Lipinski definition) is 8. The monoisotopic (exact) mass is 539 g/mol. The molecule has 0 unspecified atom stereocenters. The van der Waals surface area contributed by atoms with E-state index in [1.54, 1.807) is 0 Å². The van der Waals surface area contributed by atoms with Crippen LogP contribution < -0.4 is 15.8 Å². The molecular formula is C23H25F4N7O4. The normalized spacial score (nSPS) is 18.2. The summed E-state index contributed by atoms with van der Waals surface area (Å²) in [6.45, 7) is 2.18. The molecule has 1 aliphatic heterocycles. The number of nitrogens with two attached hydrogens (primary N) is 1. The maximum Gasteiger partial charge on any atom is 0.418 e. The van der Waals surface area contributed by atoms with Crippen molar-refractivity contribution in [2.45, 2.75) is 32.2 Å². The molecule has 0 bridgehead atoms. The largest absolute Gasteiger partial charge is 0.480 e. The highest BCUT2D eigenvalue weighted by Crippen LogP contribution is 2.39. The number of aliphatic hydroxyl groups excluding tert-OH is 1. The highest BCUT2D eigenvalue weighted by molar-refractivity contribution is 5.98. The Balaban J connectivity index is 1.67. The second-order valence-corrected chi connectivity index (χ2v) is 9.48.